The van der Waals surface area contributed by atoms with Gasteiger partial charge in [0.1, 0.15) is 24.7 Å². The van der Waals surface area contributed by atoms with Gasteiger partial charge in [0.15, 0.2) is 5.78 Å². The number of fused-ring (bicyclic) bond motifs is 3. The summed E-state index contributed by atoms with van der Waals surface area (Å²) in [4.78, 5) is 14.8. The zero-order chi connectivity index (χ0) is 17.8. The number of hydrogen-bond acceptors (Lipinski definition) is 4. The zero-order valence-electron chi connectivity index (χ0n) is 15.0. The number of carbonyl (C=O) groups excluding carboxylic acids is 1. The summed E-state index contributed by atoms with van der Waals surface area (Å²) < 4.78 is 11.4. The summed E-state index contributed by atoms with van der Waals surface area (Å²) >= 11 is 0. The molecule has 0 spiro atoms. The van der Waals surface area contributed by atoms with Crippen LogP contribution in [-0.2, 0) is 11.2 Å². The number of para-hydroxylation sites is 1. The van der Waals surface area contributed by atoms with Gasteiger partial charge in [0.25, 0.3) is 0 Å². The van der Waals surface area contributed by atoms with Gasteiger partial charge in [-0.2, -0.15) is 0 Å². The first-order chi connectivity index (χ1) is 12.8. The quantitative estimate of drug-likeness (QED) is 0.717. The SMILES string of the molecule is O=C1C2CCN(CC2)[C@H]1Cc1ccc(OCCOc2ccccc2)cc1. The molecule has 2 aromatic rings. The molecule has 2 aromatic carbocycles. The minimum atomic E-state index is 0.0774. The van der Waals surface area contributed by atoms with Crippen molar-refractivity contribution < 1.29 is 14.3 Å². The Morgan fingerprint density at radius 1 is 0.846 bits per heavy atom. The van der Waals surface area contributed by atoms with Crippen LogP contribution in [0, 0.1) is 5.92 Å². The first-order valence-electron chi connectivity index (χ1n) is 9.47. The third-order valence-corrected chi connectivity index (χ3v) is 5.42. The van der Waals surface area contributed by atoms with Crippen LogP contribution in [0.15, 0.2) is 54.6 Å². The van der Waals surface area contributed by atoms with Gasteiger partial charge in [-0.25, -0.2) is 0 Å². The standard InChI is InChI=1S/C22H25NO3/c24-22-18-10-12-23(13-11-18)21(22)16-17-6-8-20(9-7-17)26-15-14-25-19-4-2-1-3-5-19/h1-9,18,21H,10-16H2/t21-/m0/s1. The minimum Gasteiger partial charge on any atom is -0.490 e. The van der Waals surface area contributed by atoms with E-state index < -0.39 is 0 Å². The molecule has 5 rings (SSSR count). The number of Topliss-reactive ketones (excluding diaryl/α,β-unsaturated/α-hetero) is 1. The third kappa shape index (κ3) is 3.91. The summed E-state index contributed by atoms with van der Waals surface area (Å²) in [7, 11) is 0. The molecular weight excluding hydrogens is 326 g/mol. The zero-order valence-corrected chi connectivity index (χ0v) is 15.0. The van der Waals surface area contributed by atoms with Crippen molar-refractivity contribution in [3.05, 3.63) is 60.2 Å². The Labute approximate surface area is 154 Å². The Bertz CT molecular complexity index is 721. The smallest absolute Gasteiger partial charge is 0.153 e. The molecule has 3 heterocycles. The van der Waals surface area contributed by atoms with Crippen molar-refractivity contribution in [2.24, 2.45) is 5.92 Å². The van der Waals surface area contributed by atoms with E-state index >= 15 is 0 Å². The molecular formula is C22H25NO3. The van der Waals surface area contributed by atoms with Crippen molar-refractivity contribution in [1.82, 2.24) is 4.90 Å². The van der Waals surface area contributed by atoms with Crippen LogP contribution in [0.5, 0.6) is 11.5 Å². The van der Waals surface area contributed by atoms with Gasteiger partial charge in [0.2, 0.25) is 0 Å². The molecule has 136 valence electrons. The van der Waals surface area contributed by atoms with Crippen LogP contribution < -0.4 is 9.47 Å². The van der Waals surface area contributed by atoms with Gasteiger partial charge in [0.05, 0.1) is 6.04 Å². The van der Waals surface area contributed by atoms with E-state index in [-0.39, 0.29) is 6.04 Å². The highest BCUT2D eigenvalue weighted by molar-refractivity contribution is 5.88. The van der Waals surface area contributed by atoms with E-state index in [1.54, 1.807) is 0 Å². The topological polar surface area (TPSA) is 38.8 Å². The maximum Gasteiger partial charge on any atom is 0.153 e. The third-order valence-electron chi connectivity index (χ3n) is 5.42. The summed E-state index contributed by atoms with van der Waals surface area (Å²) in [6.07, 6.45) is 2.91. The van der Waals surface area contributed by atoms with Crippen molar-refractivity contribution in [3.8, 4) is 11.5 Å². The largest absolute Gasteiger partial charge is 0.490 e. The first-order valence-corrected chi connectivity index (χ1v) is 9.47. The molecule has 4 nitrogen and oxygen atoms in total. The van der Waals surface area contributed by atoms with Crippen molar-refractivity contribution in [2.75, 3.05) is 26.3 Å². The van der Waals surface area contributed by atoms with Crippen molar-refractivity contribution in [3.63, 3.8) is 0 Å². The molecule has 0 aromatic heterocycles. The molecule has 4 heteroatoms. The normalized spacial score (nSPS) is 24.5. The van der Waals surface area contributed by atoms with Crippen LogP contribution in [0.1, 0.15) is 18.4 Å². The van der Waals surface area contributed by atoms with E-state index in [1.165, 1.54) is 5.56 Å². The highest BCUT2D eigenvalue weighted by Gasteiger charge is 2.40. The molecule has 3 saturated heterocycles. The predicted octanol–water partition coefficient (Wildman–Crippen LogP) is 3.35. The van der Waals surface area contributed by atoms with E-state index in [4.69, 9.17) is 9.47 Å². The van der Waals surface area contributed by atoms with Gasteiger partial charge in [-0.05, 0) is 62.2 Å². The van der Waals surface area contributed by atoms with E-state index in [0.29, 0.717) is 24.9 Å². The summed E-state index contributed by atoms with van der Waals surface area (Å²) in [5.41, 5.74) is 1.20. The van der Waals surface area contributed by atoms with E-state index in [2.05, 4.69) is 17.0 Å². The molecule has 0 amide bonds. The Hall–Kier alpha value is -2.33. The molecule has 2 bridgehead atoms. The number of hydrogen-bond donors (Lipinski definition) is 0. The molecule has 0 saturated carbocycles. The number of rotatable bonds is 7. The second kappa shape index (κ2) is 7.92. The van der Waals surface area contributed by atoms with Gasteiger partial charge in [-0.15, -0.1) is 0 Å². The average molecular weight is 351 g/mol. The predicted molar refractivity (Wildman–Crippen MR) is 101 cm³/mol. The van der Waals surface area contributed by atoms with E-state index in [1.807, 2.05) is 42.5 Å². The molecule has 0 aliphatic carbocycles. The molecule has 0 unspecified atom stereocenters. The summed E-state index contributed by atoms with van der Waals surface area (Å²) in [5, 5.41) is 0. The Morgan fingerprint density at radius 2 is 1.46 bits per heavy atom. The highest BCUT2D eigenvalue weighted by atomic mass is 16.5. The van der Waals surface area contributed by atoms with Crippen molar-refractivity contribution >= 4 is 5.78 Å². The minimum absolute atomic E-state index is 0.0774. The Balaban J connectivity index is 1.25. The van der Waals surface area contributed by atoms with Crippen molar-refractivity contribution in [2.45, 2.75) is 25.3 Å². The second-order valence-electron chi connectivity index (χ2n) is 7.09. The highest BCUT2D eigenvalue weighted by Crippen LogP contribution is 2.30. The monoisotopic (exact) mass is 351 g/mol. The van der Waals surface area contributed by atoms with Crippen LogP contribution in [0.3, 0.4) is 0 Å². The fourth-order valence-corrected chi connectivity index (χ4v) is 3.96. The maximum absolute atomic E-state index is 12.5. The number of carbonyl (C=O) groups is 1. The molecule has 3 aliphatic rings. The van der Waals surface area contributed by atoms with Crippen LogP contribution in [-0.4, -0.2) is 43.0 Å². The van der Waals surface area contributed by atoms with Crippen LogP contribution in [0.4, 0.5) is 0 Å². The van der Waals surface area contributed by atoms with Gasteiger partial charge < -0.3 is 9.47 Å². The van der Waals surface area contributed by atoms with E-state index in [9.17, 15) is 4.79 Å². The van der Waals surface area contributed by atoms with E-state index in [0.717, 1.165) is 43.9 Å². The van der Waals surface area contributed by atoms with Gasteiger partial charge in [-0.1, -0.05) is 30.3 Å². The lowest BCUT2D eigenvalue weighted by atomic mass is 9.80. The lowest BCUT2D eigenvalue weighted by molar-refractivity contribution is -0.136. The summed E-state index contributed by atoms with van der Waals surface area (Å²) in [5.74, 6) is 2.44. The number of piperidine rings is 3. The van der Waals surface area contributed by atoms with Crippen LogP contribution in [0.2, 0.25) is 0 Å². The molecule has 3 fully saturated rings. The average Bonchev–Trinajstić information content (AvgIpc) is 2.70. The number of nitrogens with zero attached hydrogens (tertiary/aromatic N) is 1. The number of benzene rings is 2. The van der Waals surface area contributed by atoms with Gasteiger partial charge >= 0.3 is 0 Å². The fourth-order valence-electron chi connectivity index (χ4n) is 3.96. The fraction of sp³-hybridized carbons (Fsp3) is 0.409. The second-order valence-corrected chi connectivity index (χ2v) is 7.09. The van der Waals surface area contributed by atoms with Gasteiger partial charge in [-0.3, -0.25) is 9.69 Å². The van der Waals surface area contributed by atoms with Gasteiger partial charge in [0, 0.05) is 5.92 Å². The summed E-state index contributed by atoms with van der Waals surface area (Å²) in [6.45, 7) is 3.16. The lowest BCUT2D eigenvalue weighted by Crippen LogP contribution is -2.56. The first kappa shape index (κ1) is 17.1. The molecule has 3 aliphatic heterocycles. The van der Waals surface area contributed by atoms with Crippen molar-refractivity contribution in [1.29, 1.82) is 0 Å². The van der Waals surface area contributed by atoms with Crippen LogP contribution in [0.25, 0.3) is 0 Å². The maximum atomic E-state index is 12.5. The number of ketones is 1. The lowest BCUT2D eigenvalue weighted by Gasteiger charge is -2.44. The van der Waals surface area contributed by atoms with Crippen LogP contribution >= 0.6 is 0 Å². The molecule has 1 atom stereocenters. The Kier molecular flexibility index (Phi) is 5.21. The number of ether oxygens (including phenoxy) is 2. The molecule has 0 radical (unpaired) electrons. The summed E-state index contributed by atoms with van der Waals surface area (Å²) in [6, 6.07) is 17.9. The molecule has 0 N–H and O–H groups in total. The molecule has 26 heavy (non-hydrogen) atoms. The Morgan fingerprint density at radius 3 is 2.08 bits per heavy atom.